The van der Waals surface area contributed by atoms with Crippen LogP contribution in [0.4, 0.5) is 0 Å². The molecule has 0 spiro atoms. The first kappa shape index (κ1) is 14.8. The number of carbonyl (C=O) groups excluding carboxylic acids is 1. The van der Waals surface area contributed by atoms with Crippen molar-refractivity contribution in [1.82, 2.24) is 14.9 Å². The Bertz CT molecular complexity index is 572. The number of rotatable bonds is 6. The first-order valence-corrected chi connectivity index (χ1v) is 6.49. The van der Waals surface area contributed by atoms with Gasteiger partial charge >= 0.3 is 0 Å². The van der Waals surface area contributed by atoms with Crippen LogP contribution < -0.4 is 9.47 Å². The summed E-state index contributed by atoms with van der Waals surface area (Å²) in [7, 11) is 3.32. The van der Waals surface area contributed by atoms with Gasteiger partial charge in [-0.25, -0.2) is 4.98 Å². The van der Waals surface area contributed by atoms with Crippen molar-refractivity contribution in [3.8, 4) is 11.5 Å². The Balaban J connectivity index is 1.81. The first-order valence-electron chi connectivity index (χ1n) is 6.49. The number of ether oxygens (including phenoxy) is 2. The highest BCUT2D eigenvalue weighted by molar-refractivity contribution is 5.91. The van der Waals surface area contributed by atoms with Crippen LogP contribution >= 0.6 is 0 Å². The van der Waals surface area contributed by atoms with Gasteiger partial charge in [0.1, 0.15) is 23.8 Å². The van der Waals surface area contributed by atoms with E-state index in [0.29, 0.717) is 18.8 Å². The summed E-state index contributed by atoms with van der Waals surface area (Å²) in [4.78, 5) is 21.4. The summed E-state index contributed by atoms with van der Waals surface area (Å²) < 4.78 is 10.6. The largest absolute Gasteiger partial charge is 0.497 e. The minimum atomic E-state index is -0.179. The maximum atomic E-state index is 12.0. The second kappa shape index (κ2) is 7.23. The highest BCUT2D eigenvalue weighted by atomic mass is 16.5. The fourth-order valence-corrected chi connectivity index (χ4v) is 1.68. The Hall–Kier alpha value is -2.63. The molecule has 0 atom stereocenters. The molecule has 110 valence electrons. The van der Waals surface area contributed by atoms with E-state index >= 15 is 0 Å². The van der Waals surface area contributed by atoms with Crippen molar-refractivity contribution in [3.63, 3.8) is 0 Å². The third-order valence-corrected chi connectivity index (χ3v) is 2.88. The molecule has 1 amide bonds. The highest BCUT2D eigenvalue weighted by Crippen LogP contribution is 2.16. The molecule has 1 aromatic heterocycles. The number of aromatic nitrogens is 2. The van der Waals surface area contributed by atoms with Crippen LogP contribution in [-0.2, 0) is 0 Å². The van der Waals surface area contributed by atoms with Crippen molar-refractivity contribution in [2.24, 2.45) is 0 Å². The predicted molar refractivity (Wildman–Crippen MR) is 77.5 cm³/mol. The van der Waals surface area contributed by atoms with E-state index < -0.39 is 0 Å². The molecule has 1 heterocycles. The SMILES string of the molecule is COc1ccc(OCCN(C)C(=O)c2cnccn2)cc1. The Morgan fingerprint density at radius 2 is 1.90 bits per heavy atom. The van der Waals surface area contributed by atoms with Gasteiger partial charge in [0.2, 0.25) is 0 Å². The zero-order valence-electron chi connectivity index (χ0n) is 12.0. The van der Waals surface area contributed by atoms with Gasteiger partial charge in [0.15, 0.2) is 0 Å². The summed E-state index contributed by atoms with van der Waals surface area (Å²) in [6.45, 7) is 0.857. The smallest absolute Gasteiger partial charge is 0.273 e. The monoisotopic (exact) mass is 287 g/mol. The second-order valence-corrected chi connectivity index (χ2v) is 4.34. The van der Waals surface area contributed by atoms with Crippen LogP contribution in [0.2, 0.25) is 0 Å². The van der Waals surface area contributed by atoms with Crippen LogP contribution in [0, 0.1) is 0 Å². The molecular formula is C15H17N3O3. The first-order chi connectivity index (χ1) is 10.2. The van der Waals surface area contributed by atoms with E-state index in [1.54, 1.807) is 19.1 Å². The van der Waals surface area contributed by atoms with E-state index in [4.69, 9.17) is 9.47 Å². The van der Waals surface area contributed by atoms with Gasteiger partial charge in [0.25, 0.3) is 5.91 Å². The van der Waals surface area contributed by atoms with Gasteiger partial charge in [0, 0.05) is 19.4 Å². The minimum Gasteiger partial charge on any atom is -0.497 e. The summed E-state index contributed by atoms with van der Waals surface area (Å²) in [6.07, 6.45) is 4.47. The van der Waals surface area contributed by atoms with Crippen molar-refractivity contribution >= 4 is 5.91 Å². The van der Waals surface area contributed by atoms with Crippen LogP contribution in [0.25, 0.3) is 0 Å². The average Bonchev–Trinajstić information content (AvgIpc) is 2.55. The molecular weight excluding hydrogens is 270 g/mol. The summed E-state index contributed by atoms with van der Waals surface area (Å²) >= 11 is 0. The molecule has 0 unspecified atom stereocenters. The van der Waals surface area contributed by atoms with Crippen LogP contribution in [0.5, 0.6) is 11.5 Å². The van der Waals surface area contributed by atoms with Crippen molar-refractivity contribution in [2.45, 2.75) is 0 Å². The Kier molecular flexibility index (Phi) is 5.09. The van der Waals surface area contributed by atoms with Crippen LogP contribution in [0.3, 0.4) is 0 Å². The predicted octanol–water partition coefficient (Wildman–Crippen LogP) is 1.64. The van der Waals surface area contributed by atoms with Gasteiger partial charge in [-0.1, -0.05) is 0 Å². The maximum Gasteiger partial charge on any atom is 0.273 e. The zero-order chi connectivity index (χ0) is 15.1. The molecule has 2 rings (SSSR count). The molecule has 0 radical (unpaired) electrons. The van der Waals surface area contributed by atoms with E-state index in [9.17, 15) is 4.79 Å². The zero-order valence-corrected chi connectivity index (χ0v) is 12.0. The molecule has 0 N–H and O–H groups in total. The van der Waals surface area contributed by atoms with Gasteiger partial charge in [-0.05, 0) is 24.3 Å². The van der Waals surface area contributed by atoms with Crippen LogP contribution in [-0.4, -0.2) is 48.1 Å². The normalized spacial score (nSPS) is 10.0. The molecule has 0 saturated carbocycles. The molecule has 1 aromatic carbocycles. The van der Waals surface area contributed by atoms with Crippen molar-refractivity contribution in [2.75, 3.05) is 27.3 Å². The van der Waals surface area contributed by atoms with Gasteiger partial charge in [-0.15, -0.1) is 0 Å². The molecule has 0 saturated heterocycles. The molecule has 6 nitrogen and oxygen atoms in total. The second-order valence-electron chi connectivity index (χ2n) is 4.34. The number of nitrogens with zero attached hydrogens (tertiary/aromatic N) is 3. The number of likely N-dealkylation sites (N-methyl/N-ethyl adjacent to an activating group) is 1. The molecule has 0 aliphatic rings. The number of carbonyl (C=O) groups is 1. The van der Waals surface area contributed by atoms with Crippen molar-refractivity contribution in [3.05, 3.63) is 48.5 Å². The standard InChI is InChI=1S/C15H17N3O3/c1-18(15(19)14-11-16-7-8-17-14)9-10-21-13-5-3-12(20-2)4-6-13/h3-8,11H,9-10H2,1-2H3. The Morgan fingerprint density at radius 1 is 1.19 bits per heavy atom. The number of hydrogen-bond acceptors (Lipinski definition) is 5. The summed E-state index contributed by atoms with van der Waals surface area (Å²) in [5.74, 6) is 1.33. The average molecular weight is 287 g/mol. The summed E-state index contributed by atoms with van der Waals surface area (Å²) in [6, 6.07) is 7.29. The third-order valence-electron chi connectivity index (χ3n) is 2.88. The van der Waals surface area contributed by atoms with E-state index in [1.807, 2.05) is 24.3 Å². The van der Waals surface area contributed by atoms with E-state index in [0.717, 1.165) is 11.5 Å². The van der Waals surface area contributed by atoms with E-state index in [-0.39, 0.29) is 5.91 Å². The van der Waals surface area contributed by atoms with E-state index in [1.165, 1.54) is 18.6 Å². The van der Waals surface area contributed by atoms with Gasteiger partial charge in [-0.3, -0.25) is 9.78 Å². The molecule has 0 fully saturated rings. The van der Waals surface area contributed by atoms with Crippen LogP contribution in [0.15, 0.2) is 42.9 Å². The van der Waals surface area contributed by atoms with Gasteiger partial charge in [-0.2, -0.15) is 0 Å². The molecule has 0 bridgehead atoms. The number of amides is 1. The summed E-state index contributed by atoms with van der Waals surface area (Å²) in [5.41, 5.74) is 0.324. The molecule has 0 aliphatic heterocycles. The lowest BCUT2D eigenvalue weighted by Crippen LogP contribution is -2.31. The highest BCUT2D eigenvalue weighted by Gasteiger charge is 2.12. The lowest BCUT2D eigenvalue weighted by Gasteiger charge is -2.16. The number of benzene rings is 1. The maximum absolute atomic E-state index is 12.0. The quantitative estimate of drug-likeness (QED) is 0.808. The molecule has 21 heavy (non-hydrogen) atoms. The summed E-state index contributed by atoms with van der Waals surface area (Å²) in [5, 5.41) is 0. The Morgan fingerprint density at radius 3 is 2.52 bits per heavy atom. The lowest BCUT2D eigenvalue weighted by atomic mass is 10.3. The topological polar surface area (TPSA) is 64.6 Å². The van der Waals surface area contributed by atoms with Crippen molar-refractivity contribution in [1.29, 1.82) is 0 Å². The number of methoxy groups -OCH3 is 1. The fraction of sp³-hybridized carbons (Fsp3) is 0.267. The molecule has 2 aromatic rings. The lowest BCUT2D eigenvalue weighted by molar-refractivity contribution is 0.0767. The van der Waals surface area contributed by atoms with Crippen LogP contribution in [0.1, 0.15) is 10.5 Å². The van der Waals surface area contributed by atoms with Gasteiger partial charge in [0.05, 0.1) is 19.9 Å². The third kappa shape index (κ3) is 4.17. The fourth-order valence-electron chi connectivity index (χ4n) is 1.68. The minimum absolute atomic E-state index is 0.179. The Labute approximate surface area is 123 Å². The molecule has 6 heteroatoms. The van der Waals surface area contributed by atoms with E-state index in [2.05, 4.69) is 9.97 Å². The molecule has 0 aliphatic carbocycles. The number of hydrogen-bond donors (Lipinski definition) is 0. The van der Waals surface area contributed by atoms with Gasteiger partial charge < -0.3 is 14.4 Å². The van der Waals surface area contributed by atoms with Crippen molar-refractivity contribution < 1.29 is 14.3 Å².